The number of anilines is 1. The van der Waals surface area contributed by atoms with Gasteiger partial charge in [0.1, 0.15) is 5.75 Å². The number of ether oxygens (including phenoxy) is 2. The summed E-state index contributed by atoms with van der Waals surface area (Å²) in [5.41, 5.74) is 2.97. The van der Waals surface area contributed by atoms with E-state index in [1.54, 1.807) is 0 Å². The summed E-state index contributed by atoms with van der Waals surface area (Å²) >= 11 is 1.40. The summed E-state index contributed by atoms with van der Waals surface area (Å²) in [7, 11) is -3.74. The highest BCUT2D eigenvalue weighted by Crippen LogP contribution is 2.32. The van der Waals surface area contributed by atoms with E-state index in [0.717, 1.165) is 21.5 Å². The van der Waals surface area contributed by atoms with E-state index in [1.165, 1.54) is 39.9 Å². The Morgan fingerprint density at radius 3 is 2.58 bits per heavy atom. The van der Waals surface area contributed by atoms with Gasteiger partial charge in [-0.1, -0.05) is 29.5 Å². The van der Waals surface area contributed by atoms with E-state index in [-0.39, 0.29) is 4.90 Å². The van der Waals surface area contributed by atoms with Gasteiger partial charge in [-0.15, -0.1) is 0 Å². The van der Waals surface area contributed by atoms with E-state index < -0.39 is 15.9 Å². The summed E-state index contributed by atoms with van der Waals surface area (Å²) in [5.74, 6) is 0.315. The SMILES string of the molecule is CCOCCn1c(=NC(=O)c2ccc(S(=O)(=O)N3CCc4ccccc43)cc2)sc2cc(OCC)ccc21. The molecule has 0 atom stereocenters. The van der Waals surface area contributed by atoms with Crippen LogP contribution in [0.5, 0.6) is 5.75 Å². The molecule has 4 aromatic rings. The number of amides is 1. The smallest absolute Gasteiger partial charge is 0.279 e. The molecule has 0 saturated carbocycles. The lowest BCUT2D eigenvalue weighted by Gasteiger charge is -2.19. The number of carbonyl (C=O) groups excluding carboxylic acids is 1. The zero-order chi connectivity index (χ0) is 26.7. The fourth-order valence-electron chi connectivity index (χ4n) is 4.52. The number of rotatable bonds is 9. The second-order valence-corrected chi connectivity index (χ2v) is 11.6. The highest BCUT2D eigenvalue weighted by molar-refractivity contribution is 7.92. The molecule has 2 heterocycles. The van der Waals surface area contributed by atoms with Crippen LogP contribution in [0.4, 0.5) is 5.69 Å². The molecule has 38 heavy (non-hydrogen) atoms. The van der Waals surface area contributed by atoms with Gasteiger partial charge >= 0.3 is 0 Å². The van der Waals surface area contributed by atoms with Crippen molar-refractivity contribution in [3.8, 4) is 5.75 Å². The van der Waals surface area contributed by atoms with E-state index >= 15 is 0 Å². The number of aromatic nitrogens is 1. The van der Waals surface area contributed by atoms with Crippen LogP contribution in [0.25, 0.3) is 10.2 Å². The van der Waals surface area contributed by atoms with Gasteiger partial charge < -0.3 is 14.0 Å². The molecule has 198 valence electrons. The van der Waals surface area contributed by atoms with E-state index in [2.05, 4.69) is 4.99 Å². The van der Waals surface area contributed by atoms with Gasteiger partial charge in [-0.25, -0.2) is 8.42 Å². The zero-order valence-electron chi connectivity index (χ0n) is 21.3. The van der Waals surface area contributed by atoms with Gasteiger partial charge in [-0.2, -0.15) is 4.99 Å². The van der Waals surface area contributed by atoms with Gasteiger partial charge in [-0.05, 0) is 74.4 Å². The third-order valence-corrected chi connectivity index (χ3v) is 9.23. The van der Waals surface area contributed by atoms with E-state index in [1.807, 2.05) is 60.9 Å². The monoisotopic (exact) mass is 551 g/mol. The van der Waals surface area contributed by atoms with Gasteiger partial charge in [0, 0.05) is 25.3 Å². The van der Waals surface area contributed by atoms with Crippen LogP contribution >= 0.6 is 11.3 Å². The Bertz CT molecular complexity index is 1640. The number of benzene rings is 3. The minimum atomic E-state index is -3.74. The van der Waals surface area contributed by atoms with Crippen LogP contribution in [-0.2, 0) is 27.7 Å². The summed E-state index contributed by atoms with van der Waals surface area (Å²) in [6.45, 7) is 6.46. The molecule has 1 amide bonds. The number of para-hydroxylation sites is 1. The van der Waals surface area contributed by atoms with Crippen LogP contribution in [0.1, 0.15) is 29.8 Å². The maximum Gasteiger partial charge on any atom is 0.279 e. The number of fused-ring (bicyclic) bond motifs is 2. The minimum absolute atomic E-state index is 0.142. The van der Waals surface area contributed by atoms with Crippen LogP contribution in [0.15, 0.2) is 76.6 Å². The second kappa shape index (κ2) is 11.1. The summed E-state index contributed by atoms with van der Waals surface area (Å²) in [6.07, 6.45) is 0.676. The van der Waals surface area contributed by atoms with Crippen LogP contribution in [0.3, 0.4) is 0 Å². The van der Waals surface area contributed by atoms with Crippen molar-refractivity contribution >= 4 is 43.2 Å². The molecule has 8 nitrogen and oxygen atoms in total. The fraction of sp³-hybridized carbons (Fsp3) is 0.286. The first-order valence-corrected chi connectivity index (χ1v) is 14.8. The largest absolute Gasteiger partial charge is 0.494 e. The second-order valence-electron chi connectivity index (χ2n) is 8.69. The molecule has 1 aliphatic heterocycles. The van der Waals surface area contributed by atoms with Gasteiger partial charge in [0.2, 0.25) is 0 Å². The fourth-order valence-corrected chi connectivity index (χ4v) is 7.10. The van der Waals surface area contributed by atoms with Crippen molar-refractivity contribution in [2.24, 2.45) is 4.99 Å². The molecule has 1 aromatic heterocycles. The lowest BCUT2D eigenvalue weighted by Crippen LogP contribution is -2.29. The van der Waals surface area contributed by atoms with E-state index in [0.29, 0.717) is 55.4 Å². The van der Waals surface area contributed by atoms with E-state index in [9.17, 15) is 13.2 Å². The van der Waals surface area contributed by atoms with Crippen LogP contribution in [0.2, 0.25) is 0 Å². The van der Waals surface area contributed by atoms with E-state index in [4.69, 9.17) is 9.47 Å². The molecule has 0 radical (unpaired) electrons. The Kier molecular flexibility index (Phi) is 7.64. The van der Waals surface area contributed by atoms with Gasteiger partial charge in [-0.3, -0.25) is 9.10 Å². The number of hydrogen-bond acceptors (Lipinski definition) is 6. The Balaban J connectivity index is 1.44. The minimum Gasteiger partial charge on any atom is -0.494 e. The third-order valence-electron chi connectivity index (χ3n) is 6.36. The lowest BCUT2D eigenvalue weighted by atomic mass is 10.2. The summed E-state index contributed by atoms with van der Waals surface area (Å²) in [6, 6.07) is 19.3. The van der Waals surface area contributed by atoms with Crippen molar-refractivity contribution in [1.82, 2.24) is 4.57 Å². The summed E-state index contributed by atoms with van der Waals surface area (Å²) in [4.78, 5) is 18.2. The number of nitrogens with zero attached hydrogens (tertiary/aromatic N) is 3. The van der Waals surface area contributed by atoms with Crippen molar-refractivity contribution in [2.45, 2.75) is 31.7 Å². The molecule has 0 N–H and O–H groups in total. The van der Waals surface area contributed by atoms with Gasteiger partial charge in [0.25, 0.3) is 15.9 Å². The number of hydrogen-bond donors (Lipinski definition) is 0. The van der Waals surface area contributed by atoms with Crippen molar-refractivity contribution in [1.29, 1.82) is 0 Å². The summed E-state index contributed by atoms with van der Waals surface area (Å²) in [5, 5.41) is 0. The number of sulfonamides is 1. The van der Waals surface area contributed by atoms with Gasteiger partial charge in [0.15, 0.2) is 4.80 Å². The Morgan fingerprint density at radius 2 is 1.82 bits per heavy atom. The zero-order valence-corrected chi connectivity index (χ0v) is 22.9. The first-order chi connectivity index (χ1) is 18.4. The van der Waals surface area contributed by atoms with Crippen molar-refractivity contribution in [3.05, 3.63) is 82.7 Å². The predicted molar refractivity (Wildman–Crippen MR) is 148 cm³/mol. The van der Waals surface area contributed by atoms with Crippen molar-refractivity contribution < 1.29 is 22.7 Å². The maximum atomic E-state index is 13.3. The normalized spacial score (nSPS) is 13.7. The lowest BCUT2D eigenvalue weighted by molar-refractivity contribution is 0.0996. The first-order valence-electron chi connectivity index (χ1n) is 12.6. The molecule has 3 aromatic carbocycles. The Labute approximate surface area is 225 Å². The van der Waals surface area contributed by atoms with Crippen molar-refractivity contribution in [2.75, 3.05) is 30.7 Å². The Hall–Kier alpha value is -3.47. The van der Waals surface area contributed by atoms with Crippen LogP contribution in [0, 0.1) is 0 Å². The predicted octanol–water partition coefficient (Wildman–Crippen LogP) is 4.63. The molecule has 1 aliphatic rings. The molecular formula is C28H29N3O5S2. The average Bonchev–Trinajstić information content (AvgIpc) is 3.51. The average molecular weight is 552 g/mol. The van der Waals surface area contributed by atoms with Gasteiger partial charge in [0.05, 0.1) is 34.0 Å². The van der Waals surface area contributed by atoms with Crippen molar-refractivity contribution in [3.63, 3.8) is 0 Å². The molecule has 10 heteroatoms. The first kappa shape index (κ1) is 26.1. The molecule has 0 spiro atoms. The molecule has 0 saturated heterocycles. The molecule has 5 rings (SSSR count). The maximum absolute atomic E-state index is 13.3. The molecule has 0 unspecified atom stereocenters. The highest BCUT2D eigenvalue weighted by Gasteiger charge is 2.30. The topological polar surface area (TPSA) is 90.2 Å². The standard InChI is InChI=1S/C28H29N3O5S2/c1-3-35-18-17-30-25-14-11-22(36-4-2)19-26(25)37-28(30)29-27(32)21-9-12-23(13-10-21)38(33,34)31-16-15-20-7-5-6-8-24(20)31/h5-14,19H,3-4,15-18H2,1-2H3. The Morgan fingerprint density at radius 1 is 1.03 bits per heavy atom. The number of thiazole rings is 1. The van der Waals surface area contributed by atoms with Crippen LogP contribution < -0.4 is 13.8 Å². The number of carbonyl (C=O) groups is 1. The summed E-state index contributed by atoms with van der Waals surface area (Å²) < 4.78 is 42.1. The molecular weight excluding hydrogens is 522 g/mol. The third kappa shape index (κ3) is 5.11. The van der Waals surface area contributed by atoms with Crippen LogP contribution in [-0.4, -0.2) is 45.3 Å². The molecule has 0 fully saturated rings. The quantitative estimate of drug-likeness (QED) is 0.283. The molecule has 0 aliphatic carbocycles. The molecule has 0 bridgehead atoms. The highest BCUT2D eigenvalue weighted by atomic mass is 32.2.